The van der Waals surface area contributed by atoms with Gasteiger partial charge in [-0.15, -0.1) is 0 Å². The first-order chi connectivity index (χ1) is 10.3. The minimum absolute atomic E-state index is 0.00605. The largest absolute Gasteiger partial charge is 0.350 e. The number of Topliss-reactive ketones (excluding diaryl/α,β-unsaturated/α-hetero) is 1. The Bertz CT molecular complexity index is 508. The molecule has 4 nitrogen and oxygen atoms in total. The fourth-order valence-electron chi connectivity index (χ4n) is 2.60. The van der Waals surface area contributed by atoms with Crippen molar-refractivity contribution in [2.24, 2.45) is 11.7 Å². The van der Waals surface area contributed by atoms with Crippen LogP contribution in [0.15, 0.2) is 24.3 Å². The highest BCUT2D eigenvalue weighted by Gasteiger charge is 2.25. The summed E-state index contributed by atoms with van der Waals surface area (Å²) in [4.78, 5) is 24.1. The van der Waals surface area contributed by atoms with E-state index in [1.165, 1.54) is 0 Å². The van der Waals surface area contributed by atoms with Crippen molar-refractivity contribution in [3.8, 4) is 0 Å². The number of hydrogen-bond acceptors (Lipinski definition) is 3. The second-order valence-corrected chi connectivity index (χ2v) is 6.70. The van der Waals surface area contributed by atoms with Crippen molar-refractivity contribution in [2.45, 2.75) is 52.5 Å². The molecular weight excluding hydrogens is 276 g/mol. The molecule has 3 N–H and O–H groups in total. The lowest BCUT2D eigenvalue weighted by Crippen LogP contribution is -2.52. The first-order valence-electron chi connectivity index (χ1n) is 7.87. The Hall–Kier alpha value is -1.68. The third-order valence-electron chi connectivity index (χ3n) is 3.70. The maximum absolute atomic E-state index is 12.1. The predicted molar refractivity (Wildman–Crippen MR) is 89.8 cm³/mol. The fraction of sp³-hybridized carbons (Fsp3) is 0.556. The van der Waals surface area contributed by atoms with Crippen LogP contribution in [0.2, 0.25) is 0 Å². The number of carbonyl (C=O) groups is 2. The van der Waals surface area contributed by atoms with Crippen molar-refractivity contribution in [3.63, 3.8) is 0 Å². The molecular formula is C18H28N2O2. The second-order valence-electron chi connectivity index (χ2n) is 6.70. The van der Waals surface area contributed by atoms with Crippen LogP contribution in [0.5, 0.6) is 0 Å². The van der Waals surface area contributed by atoms with E-state index in [-0.39, 0.29) is 24.5 Å². The lowest BCUT2D eigenvalue weighted by atomic mass is 9.90. The van der Waals surface area contributed by atoms with Crippen LogP contribution >= 0.6 is 0 Å². The van der Waals surface area contributed by atoms with E-state index < -0.39 is 5.54 Å². The average molecular weight is 304 g/mol. The zero-order chi connectivity index (χ0) is 16.8. The first-order valence-corrected chi connectivity index (χ1v) is 7.87. The standard InChI is InChI=1S/C18H28N2O2/c1-13(2)11-18(4,12-19)20-17(22)10-9-16(21)15-7-5-14(3)6-8-15/h5-8,13H,9-12,19H2,1-4H3,(H,20,22). The molecule has 22 heavy (non-hydrogen) atoms. The topological polar surface area (TPSA) is 72.2 Å². The zero-order valence-electron chi connectivity index (χ0n) is 14.1. The normalized spacial score (nSPS) is 13.7. The van der Waals surface area contributed by atoms with Gasteiger partial charge in [-0.05, 0) is 26.2 Å². The van der Waals surface area contributed by atoms with E-state index in [9.17, 15) is 9.59 Å². The molecule has 0 radical (unpaired) electrons. The van der Waals surface area contributed by atoms with Crippen LogP contribution in [-0.4, -0.2) is 23.8 Å². The predicted octanol–water partition coefficient (Wildman–Crippen LogP) is 2.84. The highest BCUT2D eigenvalue weighted by atomic mass is 16.2. The van der Waals surface area contributed by atoms with Gasteiger partial charge in [0.1, 0.15) is 0 Å². The third-order valence-corrected chi connectivity index (χ3v) is 3.70. The number of nitrogens with one attached hydrogen (secondary N) is 1. The molecule has 1 aromatic rings. The summed E-state index contributed by atoms with van der Waals surface area (Å²) in [7, 11) is 0. The van der Waals surface area contributed by atoms with E-state index in [2.05, 4.69) is 19.2 Å². The van der Waals surface area contributed by atoms with Gasteiger partial charge in [0.25, 0.3) is 0 Å². The number of aryl methyl sites for hydroxylation is 1. The Kier molecular flexibility index (Phi) is 6.75. The van der Waals surface area contributed by atoms with Gasteiger partial charge in [-0.1, -0.05) is 43.7 Å². The molecule has 0 spiro atoms. The van der Waals surface area contributed by atoms with Gasteiger partial charge in [0.15, 0.2) is 5.78 Å². The summed E-state index contributed by atoms with van der Waals surface area (Å²) in [5.41, 5.74) is 7.15. The van der Waals surface area contributed by atoms with E-state index in [0.717, 1.165) is 12.0 Å². The monoisotopic (exact) mass is 304 g/mol. The number of nitrogens with two attached hydrogens (primary N) is 1. The minimum Gasteiger partial charge on any atom is -0.350 e. The summed E-state index contributed by atoms with van der Waals surface area (Å²) in [5.74, 6) is 0.325. The quantitative estimate of drug-likeness (QED) is 0.725. The van der Waals surface area contributed by atoms with Gasteiger partial charge >= 0.3 is 0 Å². The van der Waals surface area contributed by atoms with Gasteiger partial charge in [0, 0.05) is 30.5 Å². The summed E-state index contributed by atoms with van der Waals surface area (Å²) >= 11 is 0. The van der Waals surface area contributed by atoms with Crippen molar-refractivity contribution in [1.29, 1.82) is 0 Å². The number of carbonyl (C=O) groups excluding carboxylic acids is 2. The molecule has 0 saturated carbocycles. The average Bonchev–Trinajstić information content (AvgIpc) is 2.44. The molecule has 0 saturated heterocycles. The fourth-order valence-corrected chi connectivity index (χ4v) is 2.60. The molecule has 1 rings (SSSR count). The Morgan fingerprint density at radius 3 is 2.27 bits per heavy atom. The van der Waals surface area contributed by atoms with Crippen molar-refractivity contribution < 1.29 is 9.59 Å². The van der Waals surface area contributed by atoms with Crippen LogP contribution in [0, 0.1) is 12.8 Å². The maximum atomic E-state index is 12.1. The minimum atomic E-state index is -0.405. The van der Waals surface area contributed by atoms with Gasteiger partial charge in [0.05, 0.1) is 0 Å². The molecule has 1 aromatic carbocycles. The summed E-state index contributed by atoms with van der Waals surface area (Å²) in [5, 5.41) is 2.97. The molecule has 0 aliphatic carbocycles. The van der Waals surface area contributed by atoms with E-state index in [1.54, 1.807) is 12.1 Å². The maximum Gasteiger partial charge on any atom is 0.220 e. The zero-order valence-corrected chi connectivity index (χ0v) is 14.1. The molecule has 1 amide bonds. The molecule has 0 fully saturated rings. The van der Waals surface area contributed by atoms with Crippen LogP contribution in [0.4, 0.5) is 0 Å². The Morgan fingerprint density at radius 1 is 1.18 bits per heavy atom. The van der Waals surface area contributed by atoms with E-state index >= 15 is 0 Å². The van der Waals surface area contributed by atoms with Crippen LogP contribution in [0.3, 0.4) is 0 Å². The smallest absolute Gasteiger partial charge is 0.220 e. The summed E-state index contributed by atoms with van der Waals surface area (Å²) < 4.78 is 0. The first kappa shape index (κ1) is 18.4. The third kappa shape index (κ3) is 5.98. The van der Waals surface area contributed by atoms with Crippen LogP contribution in [0.1, 0.15) is 56.0 Å². The SMILES string of the molecule is Cc1ccc(C(=O)CCC(=O)NC(C)(CN)CC(C)C)cc1. The van der Waals surface area contributed by atoms with Crippen molar-refractivity contribution in [1.82, 2.24) is 5.32 Å². The number of ketones is 1. The molecule has 0 heterocycles. The number of benzene rings is 1. The van der Waals surface area contributed by atoms with Crippen molar-refractivity contribution in [2.75, 3.05) is 6.54 Å². The molecule has 1 atom stereocenters. The molecule has 0 bridgehead atoms. The number of hydrogen-bond donors (Lipinski definition) is 2. The summed E-state index contributed by atoms with van der Waals surface area (Å²) in [6, 6.07) is 7.42. The molecule has 0 aliphatic heterocycles. The molecule has 1 unspecified atom stereocenters. The Morgan fingerprint density at radius 2 is 1.77 bits per heavy atom. The van der Waals surface area contributed by atoms with Crippen molar-refractivity contribution >= 4 is 11.7 Å². The van der Waals surface area contributed by atoms with Gasteiger partial charge in [-0.3, -0.25) is 9.59 Å². The highest BCUT2D eigenvalue weighted by Crippen LogP contribution is 2.16. The lowest BCUT2D eigenvalue weighted by molar-refractivity contribution is -0.122. The van der Waals surface area contributed by atoms with E-state index in [1.807, 2.05) is 26.0 Å². The van der Waals surface area contributed by atoms with Crippen LogP contribution in [0.25, 0.3) is 0 Å². The van der Waals surface area contributed by atoms with Gasteiger partial charge in [-0.25, -0.2) is 0 Å². The van der Waals surface area contributed by atoms with Crippen LogP contribution < -0.4 is 11.1 Å². The number of rotatable bonds is 8. The molecule has 4 heteroatoms. The molecule has 0 aliphatic rings. The van der Waals surface area contributed by atoms with E-state index in [4.69, 9.17) is 5.73 Å². The van der Waals surface area contributed by atoms with Crippen LogP contribution in [-0.2, 0) is 4.79 Å². The summed E-state index contributed by atoms with van der Waals surface area (Å²) in [6.45, 7) is 8.52. The Labute approximate surface area is 133 Å². The van der Waals surface area contributed by atoms with E-state index in [0.29, 0.717) is 18.0 Å². The molecule has 122 valence electrons. The van der Waals surface area contributed by atoms with Crippen molar-refractivity contribution in [3.05, 3.63) is 35.4 Å². The number of amides is 1. The molecule has 0 aromatic heterocycles. The Balaban J connectivity index is 2.51. The van der Waals surface area contributed by atoms with Gasteiger partial charge in [-0.2, -0.15) is 0 Å². The lowest BCUT2D eigenvalue weighted by Gasteiger charge is -2.31. The summed E-state index contributed by atoms with van der Waals surface area (Å²) in [6.07, 6.45) is 1.23. The van der Waals surface area contributed by atoms with Gasteiger partial charge < -0.3 is 11.1 Å². The second kappa shape index (κ2) is 8.08. The highest BCUT2D eigenvalue weighted by molar-refractivity contribution is 5.98. The van der Waals surface area contributed by atoms with Gasteiger partial charge in [0.2, 0.25) is 5.91 Å².